The van der Waals surface area contributed by atoms with E-state index >= 15 is 0 Å². The van der Waals surface area contributed by atoms with E-state index in [0.29, 0.717) is 25.9 Å². The van der Waals surface area contributed by atoms with E-state index in [-0.39, 0.29) is 16.4 Å². The van der Waals surface area contributed by atoms with Crippen molar-refractivity contribution in [1.82, 2.24) is 9.62 Å². The average molecular weight is 384 g/mol. The summed E-state index contributed by atoms with van der Waals surface area (Å²) in [5.41, 5.74) is -1.32. The van der Waals surface area contributed by atoms with Crippen LogP contribution in [0, 0.1) is 6.92 Å². The molecule has 9 heteroatoms. The van der Waals surface area contributed by atoms with Gasteiger partial charge in [0.25, 0.3) is 5.91 Å². The number of aliphatic carboxylic acids is 1. The minimum absolute atomic E-state index is 0.0300. The van der Waals surface area contributed by atoms with Crippen LogP contribution in [0.2, 0.25) is 0 Å². The van der Waals surface area contributed by atoms with Crippen LogP contribution in [-0.4, -0.2) is 48.3 Å². The lowest BCUT2D eigenvalue weighted by Gasteiger charge is -2.33. The van der Waals surface area contributed by atoms with Crippen molar-refractivity contribution in [2.45, 2.75) is 62.3 Å². The monoisotopic (exact) mass is 384 g/mol. The Kier molecular flexibility index (Phi) is 5.12. The van der Waals surface area contributed by atoms with Crippen molar-refractivity contribution < 1.29 is 27.5 Å². The number of carbonyl (C=O) groups is 2. The summed E-state index contributed by atoms with van der Waals surface area (Å²) < 4.78 is 32.1. The van der Waals surface area contributed by atoms with Crippen molar-refractivity contribution in [3.63, 3.8) is 0 Å². The van der Waals surface area contributed by atoms with E-state index in [1.807, 2.05) is 0 Å². The van der Waals surface area contributed by atoms with Crippen LogP contribution in [0.1, 0.15) is 61.3 Å². The van der Waals surface area contributed by atoms with E-state index in [4.69, 9.17) is 4.42 Å². The molecule has 0 aromatic carbocycles. The van der Waals surface area contributed by atoms with Gasteiger partial charge in [0, 0.05) is 19.2 Å². The molecule has 1 aromatic rings. The normalized spacial score (nSPS) is 20.8. The lowest BCUT2D eigenvalue weighted by Crippen LogP contribution is -2.55. The first-order valence-corrected chi connectivity index (χ1v) is 10.4. The SMILES string of the molecule is Cc1oc(C(=O)NC2(C(=O)O)CCCCC2)cc1S(=O)(=O)N1CCCC1. The molecule has 2 fully saturated rings. The van der Waals surface area contributed by atoms with Gasteiger partial charge < -0.3 is 14.8 Å². The summed E-state index contributed by atoms with van der Waals surface area (Å²) in [6, 6.07) is 1.21. The second kappa shape index (κ2) is 7.03. The first-order chi connectivity index (χ1) is 12.3. The van der Waals surface area contributed by atoms with E-state index in [1.165, 1.54) is 17.3 Å². The molecule has 0 radical (unpaired) electrons. The number of sulfonamides is 1. The summed E-state index contributed by atoms with van der Waals surface area (Å²) >= 11 is 0. The van der Waals surface area contributed by atoms with Gasteiger partial charge in [0.15, 0.2) is 5.76 Å². The van der Waals surface area contributed by atoms with Crippen molar-refractivity contribution >= 4 is 21.9 Å². The average Bonchev–Trinajstić information content (AvgIpc) is 3.25. The number of amides is 1. The van der Waals surface area contributed by atoms with E-state index in [2.05, 4.69) is 5.32 Å². The quantitative estimate of drug-likeness (QED) is 0.801. The molecule has 144 valence electrons. The van der Waals surface area contributed by atoms with Gasteiger partial charge in [0.1, 0.15) is 16.2 Å². The summed E-state index contributed by atoms with van der Waals surface area (Å²) in [6.45, 7) is 2.40. The van der Waals surface area contributed by atoms with Crippen LogP contribution in [0.15, 0.2) is 15.4 Å². The molecule has 1 amide bonds. The Balaban J connectivity index is 1.84. The Morgan fingerprint density at radius 3 is 2.35 bits per heavy atom. The second-order valence-electron chi connectivity index (χ2n) is 7.04. The van der Waals surface area contributed by atoms with Gasteiger partial charge in [-0.25, -0.2) is 13.2 Å². The van der Waals surface area contributed by atoms with Gasteiger partial charge in [-0.2, -0.15) is 4.31 Å². The minimum atomic E-state index is -3.70. The highest BCUT2D eigenvalue weighted by Gasteiger charge is 2.42. The van der Waals surface area contributed by atoms with Crippen molar-refractivity contribution in [2.75, 3.05) is 13.1 Å². The van der Waals surface area contributed by atoms with Gasteiger partial charge in [-0.05, 0) is 32.6 Å². The van der Waals surface area contributed by atoms with Gasteiger partial charge >= 0.3 is 5.97 Å². The zero-order chi connectivity index (χ0) is 18.9. The molecule has 3 rings (SSSR count). The van der Waals surface area contributed by atoms with Crippen LogP contribution in [-0.2, 0) is 14.8 Å². The predicted molar refractivity (Wildman–Crippen MR) is 92.4 cm³/mol. The van der Waals surface area contributed by atoms with Gasteiger partial charge in [-0.15, -0.1) is 0 Å². The number of nitrogens with one attached hydrogen (secondary N) is 1. The molecule has 0 atom stereocenters. The number of rotatable bonds is 5. The van der Waals surface area contributed by atoms with Crippen LogP contribution in [0.5, 0.6) is 0 Å². The number of aryl methyl sites for hydroxylation is 1. The molecule has 0 spiro atoms. The maximum atomic E-state index is 12.7. The third kappa shape index (κ3) is 3.37. The molecule has 1 saturated heterocycles. The highest BCUT2D eigenvalue weighted by atomic mass is 32.2. The molecule has 2 heterocycles. The number of hydrogen-bond acceptors (Lipinski definition) is 5. The minimum Gasteiger partial charge on any atom is -0.480 e. The Labute approximate surface area is 152 Å². The number of carbonyl (C=O) groups excluding carboxylic acids is 1. The van der Waals surface area contributed by atoms with Gasteiger partial charge in [0.05, 0.1) is 0 Å². The number of furan rings is 1. The molecule has 2 aliphatic rings. The van der Waals surface area contributed by atoms with Crippen molar-refractivity contribution in [3.05, 3.63) is 17.6 Å². The first kappa shape index (κ1) is 18.9. The number of carboxylic acids is 1. The van der Waals surface area contributed by atoms with Crippen LogP contribution in [0.4, 0.5) is 0 Å². The fraction of sp³-hybridized carbons (Fsp3) is 0.647. The molecule has 2 N–H and O–H groups in total. The number of hydrogen-bond donors (Lipinski definition) is 2. The standard InChI is InChI=1S/C17H24N2O6S/c1-12-14(26(23,24)19-9-5-6-10-19)11-13(25-12)15(20)18-17(16(21)22)7-3-2-4-8-17/h11H,2-10H2,1H3,(H,18,20)(H,21,22). The van der Waals surface area contributed by atoms with Crippen molar-refractivity contribution in [2.24, 2.45) is 0 Å². The molecular weight excluding hydrogens is 360 g/mol. The molecule has 0 unspecified atom stereocenters. The topological polar surface area (TPSA) is 117 Å². The maximum absolute atomic E-state index is 12.7. The molecule has 1 aliphatic heterocycles. The summed E-state index contributed by atoms with van der Waals surface area (Å²) in [5.74, 6) is -1.81. The smallest absolute Gasteiger partial charge is 0.329 e. The number of carboxylic acid groups (broad SMARTS) is 1. The van der Waals surface area contributed by atoms with Crippen LogP contribution in [0.25, 0.3) is 0 Å². The highest BCUT2D eigenvalue weighted by molar-refractivity contribution is 7.89. The maximum Gasteiger partial charge on any atom is 0.329 e. The van der Waals surface area contributed by atoms with Crippen molar-refractivity contribution in [1.29, 1.82) is 0 Å². The molecule has 0 bridgehead atoms. The second-order valence-corrected chi connectivity index (χ2v) is 8.95. The molecule has 26 heavy (non-hydrogen) atoms. The zero-order valence-corrected chi connectivity index (χ0v) is 15.6. The molecule has 1 aliphatic carbocycles. The largest absolute Gasteiger partial charge is 0.480 e. The number of nitrogens with zero attached hydrogens (tertiary/aromatic N) is 1. The van der Waals surface area contributed by atoms with Crippen molar-refractivity contribution in [3.8, 4) is 0 Å². The van der Waals surface area contributed by atoms with E-state index in [1.54, 1.807) is 0 Å². The van der Waals surface area contributed by atoms with Gasteiger partial charge in [-0.1, -0.05) is 19.3 Å². The highest BCUT2D eigenvalue weighted by Crippen LogP contribution is 2.30. The Morgan fingerprint density at radius 1 is 1.15 bits per heavy atom. The zero-order valence-electron chi connectivity index (χ0n) is 14.8. The molecule has 1 aromatic heterocycles. The fourth-order valence-electron chi connectivity index (χ4n) is 3.73. The lowest BCUT2D eigenvalue weighted by molar-refractivity contribution is -0.145. The van der Waals surface area contributed by atoms with Gasteiger partial charge in [0.2, 0.25) is 10.0 Å². The Morgan fingerprint density at radius 2 is 1.77 bits per heavy atom. The summed E-state index contributed by atoms with van der Waals surface area (Å²) in [4.78, 5) is 24.2. The molecular formula is C17H24N2O6S. The summed E-state index contributed by atoms with van der Waals surface area (Å²) in [6.07, 6.45) is 4.70. The third-order valence-corrected chi connectivity index (χ3v) is 7.25. The Bertz CT molecular complexity index is 801. The van der Waals surface area contributed by atoms with Gasteiger partial charge in [-0.3, -0.25) is 4.79 Å². The van der Waals surface area contributed by atoms with E-state index in [9.17, 15) is 23.1 Å². The lowest BCUT2D eigenvalue weighted by atomic mass is 9.81. The van der Waals surface area contributed by atoms with Crippen LogP contribution in [0.3, 0.4) is 0 Å². The fourth-order valence-corrected chi connectivity index (χ4v) is 5.41. The van der Waals surface area contributed by atoms with Crippen LogP contribution < -0.4 is 5.32 Å². The molecule has 8 nitrogen and oxygen atoms in total. The molecule has 1 saturated carbocycles. The van der Waals surface area contributed by atoms with E-state index in [0.717, 1.165) is 32.1 Å². The summed E-state index contributed by atoms with van der Waals surface area (Å²) in [7, 11) is -3.70. The summed E-state index contributed by atoms with van der Waals surface area (Å²) in [5, 5.41) is 12.1. The predicted octanol–water partition coefficient (Wildman–Crippen LogP) is 1.89. The Hall–Kier alpha value is -1.87. The first-order valence-electron chi connectivity index (χ1n) is 8.93. The van der Waals surface area contributed by atoms with E-state index < -0.39 is 27.4 Å². The third-order valence-electron chi connectivity index (χ3n) is 5.25. The van der Waals surface area contributed by atoms with Crippen LogP contribution >= 0.6 is 0 Å².